The van der Waals surface area contributed by atoms with Gasteiger partial charge in [-0.15, -0.1) is 6.58 Å². The topological polar surface area (TPSA) is 87.7 Å². The van der Waals surface area contributed by atoms with Crippen LogP contribution in [0.4, 0.5) is 0 Å². The van der Waals surface area contributed by atoms with E-state index in [0.29, 0.717) is 58.1 Å². The fraction of sp³-hybridized carbons (Fsp3) is 0.333. The van der Waals surface area contributed by atoms with E-state index in [1.807, 2.05) is 25.1 Å². The number of carbonyl (C=O) groups is 1. The Kier molecular flexibility index (Phi) is 7.08. The summed E-state index contributed by atoms with van der Waals surface area (Å²) in [5.74, 6) is 1.60. The molecule has 1 aliphatic heterocycles. The second-order valence-electron chi connectivity index (χ2n) is 9.07. The first-order chi connectivity index (χ1) is 16.8. The highest BCUT2D eigenvalue weighted by molar-refractivity contribution is 6.31. The number of phenolic OH excluding ortho intramolecular Hbond substituents is 1. The molecule has 0 radical (unpaired) electrons. The lowest BCUT2D eigenvalue weighted by molar-refractivity contribution is 0.0764. The van der Waals surface area contributed by atoms with Crippen LogP contribution in [0.25, 0.3) is 11.3 Å². The third-order valence-corrected chi connectivity index (χ3v) is 6.59. The molecule has 2 heterocycles. The minimum atomic E-state index is -0.470. The van der Waals surface area contributed by atoms with E-state index in [1.54, 1.807) is 30.2 Å². The molecular weight excluding hydrogens is 466 g/mol. The number of hydrogen-bond donors (Lipinski definition) is 2. The van der Waals surface area contributed by atoms with Gasteiger partial charge in [-0.1, -0.05) is 37.6 Å². The van der Waals surface area contributed by atoms with Gasteiger partial charge in [0.2, 0.25) is 0 Å². The van der Waals surface area contributed by atoms with Crippen molar-refractivity contribution in [1.82, 2.24) is 15.1 Å². The molecule has 35 heavy (non-hydrogen) atoms. The van der Waals surface area contributed by atoms with Crippen molar-refractivity contribution < 1.29 is 19.4 Å². The Bertz CT molecular complexity index is 1270. The number of ether oxygens (including phenoxy) is 2. The van der Waals surface area contributed by atoms with Crippen molar-refractivity contribution in [1.29, 1.82) is 0 Å². The molecule has 0 spiro atoms. The predicted molar refractivity (Wildman–Crippen MR) is 136 cm³/mol. The van der Waals surface area contributed by atoms with Crippen molar-refractivity contribution in [3.05, 3.63) is 70.4 Å². The molecule has 4 rings (SSSR count). The molecule has 1 atom stereocenters. The van der Waals surface area contributed by atoms with Crippen molar-refractivity contribution in [2.24, 2.45) is 5.92 Å². The smallest absolute Gasteiger partial charge is 0.273 e. The lowest BCUT2D eigenvalue weighted by Crippen LogP contribution is -2.29. The average Bonchev–Trinajstić information content (AvgIpc) is 3.36. The van der Waals surface area contributed by atoms with Crippen LogP contribution in [0.3, 0.4) is 0 Å². The molecule has 1 aromatic heterocycles. The molecule has 1 unspecified atom stereocenters. The third-order valence-electron chi connectivity index (χ3n) is 6.18. The molecule has 184 valence electrons. The molecule has 0 fully saturated rings. The van der Waals surface area contributed by atoms with Gasteiger partial charge in [0.25, 0.3) is 5.91 Å². The molecule has 3 aromatic rings. The lowest BCUT2D eigenvalue weighted by Gasteiger charge is -2.26. The van der Waals surface area contributed by atoms with Gasteiger partial charge in [-0.05, 0) is 54.7 Å². The Morgan fingerprint density at radius 2 is 2.06 bits per heavy atom. The number of amides is 1. The summed E-state index contributed by atoms with van der Waals surface area (Å²) in [5.41, 5.74) is 3.55. The number of rotatable bonds is 9. The molecule has 0 saturated carbocycles. The number of aromatic amines is 1. The predicted octanol–water partition coefficient (Wildman–Crippen LogP) is 5.91. The Labute approximate surface area is 210 Å². The SMILES string of the molecule is C=CCN1C(=O)c2[nH]nc(-c3cc(Cl)c(C)cc3O)c2C1c1ccc(OCCC(C)C)c(OC)c1. The number of aryl methyl sites for hydroxylation is 1. The number of methoxy groups -OCH3 is 1. The van der Waals surface area contributed by atoms with Gasteiger partial charge in [-0.25, -0.2) is 0 Å². The number of carbonyl (C=O) groups excluding carboxylic acids is 1. The molecule has 0 saturated heterocycles. The molecule has 2 N–H and O–H groups in total. The molecule has 0 aliphatic carbocycles. The fourth-order valence-electron chi connectivity index (χ4n) is 4.31. The van der Waals surface area contributed by atoms with Gasteiger partial charge in [0.1, 0.15) is 17.1 Å². The van der Waals surface area contributed by atoms with E-state index < -0.39 is 6.04 Å². The van der Waals surface area contributed by atoms with Crippen molar-refractivity contribution in [3.8, 4) is 28.5 Å². The zero-order valence-electron chi connectivity index (χ0n) is 20.4. The van der Waals surface area contributed by atoms with Crippen molar-refractivity contribution in [2.75, 3.05) is 20.3 Å². The van der Waals surface area contributed by atoms with E-state index in [1.165, 1.54) is 0 Å². The Balaban J connectivity index is 1.81. The van der Waals surface area contributed by atoms with Crippen LogP contribution < -0.4 is 9.47 Å². The van der Waals surface area contributed by atoms with Crippen LogP contribution in [0.1, 0.15) is 53.5 Å². The highest BCUT2D eigenvalue weighted by Gasteiger charge is 2.42. The first kappa shape index (κ1) is 24.7. The monoisotopic (exact) mass is 495 g/mol. The number of hydrogen-bond acceptors (Lipinski definition) is 5. The summed E-state index contributed by atoms with van der Waals surface area (Å²) < 4.78 is 11.6. The zero-order valence-corrected chi connectivity index (χ0v) is 21.1. The summed E-state index contributed by atoms with van der Waals surface area (Å²) in [6.07, 6.45) is 2.62. The number of halogens is 1. The maximum Gasteiger partial charge on any atom is 0.273 e. The largest absolute Gasteiger partial charge is 0.507 e. The minimum absolute atomic E-state index is 0.0426. The standard InChI is InChI=1S/C27H30ClN3O4/c1-6-10-31-26(17-7-8-21(22(13-17)34-5)35-11-9-15(2)3)23-24(29-30-25(23)27(31)33)18-14-19(28)16(4)12-20(18)32/h6-8,12-15,26,32H,1,9-11H2,2-5H3,(H,29,30). The van der Waals surface area contributed by atoms with Gasteiger partial charge < -0.3 is 19.5 Å². The number of nitrogens with one attached hydrogen (secondary N) is 1. The van der Waals surface area contributed by atoms with Crippen LogP contribution in [-0.2, 0) is 0 Å². The Hall–Kier alpha value is -3.45. The molecule has 1 amide bonds. The van der Waals surface area contributed by atoms with Gasteiger partial charge in [0.15, 0.2) is 11.5 Å². The minimum Gasteiger partial charge on any atom is -0.507 e. The molecule has 8 heteroatoms. The van der Waals surface area contributed by atoms with Crippen LogP contribution in [0.15, 0.2) is 43.0 Å². The third kappa shape index (κ3) is 4.60. The van der Waals surface area contributed by atoms with E-state index in [4.69, 9.17) is 21.1 Å². The summed E-state index contributed by atoms with van der Waals surface area (Å²) in [5, 5.41) is 18.5. The maximum absolute atomic E-state index is 13.3. The number of aromatic hydroxyl groups is 1. The average molecular weight is 496 g/mol. The maximum atomic E-state index is 13.3. The number of H-pyrrole nitrogens is 1. The normalized spacial score (nSPS) is 15.0. The first-order valence-electron chi connectivity index (χ1n) is 11.6. The summed E-state index contributed by atoms with van der Waals surface area (Å²) >= 11 is 6.36. The zero-order chi connectivity index (χ0) is 25.3. The van der Waals surface area contributed by atoms with E-state index >= 15 is 0 Å². The van der Waals surface area contributed by atoms with Gasteiger partial charge in [-0.2, -0.15) is 5.10 Å². The summed E-state index contributed by atoms with van der Waals surface area (Å²) in [4.78, 5) is 15.0. The van der Waals surface area contributed by atoms with Gasteiger partial charge in [0.05, 0.1) is 19.8 Å². The van der Waals surface area contributed by atoms with E-state index in [-0.39, 0.29) is 11.7 Å². The highest BCUT2D eigenvalue weighted by atomic mass is 35.5. The van der Waals surface area contributed by atoms with E-state index in [0.717, 1.165) is 17.5 Å². The first-order valence-corrected chi connectivity index (χ1v) is 11.9. The van der Waals surface area contributed by atoms with Crippen molar-refractivity contribution in [2.45, 2.75) is 33.2 Å². The van der Waals surface area contributed by atoms with Crippen molar-refractivity contribution >= 4 is 17.5 Å². The Morgan fingerprint density at radius 3 is 2.74 bits per heavy atom. The second-order valence-corrected chi connectivity index (χ2v) is 9.48. The number of aromatic nitrogens is 2. The van der Waals surface area contributed by atoms with Gasteiger partial charge >= 0.3 is 0 Å². The van der Waals surface area contributed by atoms with E-state index in [9.17, 15) is 9.90 Å². The summed E-state index contributed by atoms with van der Waals surface area (Å²) in [6, 6.07) is 8.47. The molecule has 7 nitrogen and oxygen atoms in total. The lowest BCUT2D eigenvalue weighted by atomic mass is 9.95. The summed E-state index contributed by atoms with van der Waals surface area (Å²) in [7, 11) is 1.59. The van der Waals surface area contributed by atoms with Crippen LogP contribution in [0, 0.1) is 12.8 Å². The molecule has 2 aromatic carbocycles. The Morgan fingerprint density at radius 1 is 1.29 bits per heavy atom. The number of fused-ring (bicyclic) bond motifs is 1. The van der Waals surface area contributed by atoms with Crippen LogP contribution in [0.2, 0.25) is 5.02 Å². The number of phenols is 1. The van der Waals surface area contributed by atoms with E-state index in [2.05, 4.69) is 30.6 Å². The number of nitrogens with zero attached hydrogens (tertiary/aromatic N) is 2. The molecule has 0 bridgehead atoms. The number of benzene rings is 2. The van der Waals surface area contributed by atoms with Gasteiger partial charge in [-0.3, -0.25) is 9.89 Å². The van der Waals surface area contributed by atoms with Gasteiger partial charge in [0, 0.05) is 22.7 Å². The molecular formula is C27H30ClN3O4. The van der Waals surface area contributed by atoms with Crippen LogP contribution in [0.5, 0.6) is 17.2 Å². The summed E-state index contributed by atoms with van der Waals surface area (Å²) in [6.45, 7) is 10.9. The van der Waals surface area contributed by atoms with Crippen LogP contribution >= 0.6 is 11.6 Å². The van der Waals surface area contributed by atoms with Crippen molar-refractivity contribution in [3.63, 3.8) is 0 Å². The second kappa shape index (κ2) is 10.0. The quantitative estimate of drug-likeness (QED) is 0.360. The molecule has 1 aliphatic rings. The van der Waals surface area contributed by atoms with Crippen LogP contribution in [-0.4, -0.2) is 46.4 Å². The highest BCUT2D eigenvalue weighted by Crippen LogP contribution is 2.46. The fourth-order valence-corrected chi connectivity index (χ4v) is 4.47.